The number of halogens is 1. The highest BCUT2D eigenvalue weighted by atomic mass is 19.1. The van der Waals surface area contributed by atoms with Crippen LogP contribution in [-0.2, 0) is 6.54 Å². The highest BCUT2D eigenvalue weighted by Crippen LogP contribution is 2.22. The molecule has 1 aromatic heterocycles. The van der Waals surface area contributed by atoms with Crippen molar-refractivity contribution in [1.29, 1.82) is 0 Å². The summed E-state index contributed by atoms with van der Waals surface area (Å²) in [7, 11) is 0. The summed E-state index contributed by atoms with van der Waals surface area (Å²) in [4.78, 5) is 31.2. The number of piperidine rings is 1. The minimum Gasteiger partial charge on any atom is -0.347 e. The predicted molar refractivity (Wildman–Crippen MR) is 101 cm³/mol. The van der Waals surface area contributed by atoms with Crippen LogP contribution in [0.25, 0.3) is 0 Å². The van der Waals surface area contributed by atoms with Crippen molar-refractivity contribution in [3.63, 3.8) is 0 Å². The Morgan fingerprint density at radius 3 is 2.85 bits per heavy atom. The van der Waals surface area contributed by atoms with Gasteiger partial charge in [-0.15, -0.1) is 0 Å². The third kappa shape index (κ3) is 4.51. The third-order valence-corrected chi connectivity index (χ3v) is 5.00. The fourth-order valence-corrected chi connectivity index (χ4v) is 3.45. The largest absolute Gasteiger partial charge is 0.347 e. The SMILES string of the molecule is CCC1CCCCN1C(=O)c1ccnc(C(=O)NCc2ccccc2F)c1. The second-order valence-electron chi connectivity index (χ2n) is 6.76. The molecule has 5 nitrogen and oxygen atoms in total. The van der Waals surface area contributed by atoms with Gasteiger partial charge >= 0.3 is 0 Å². The molecule has 2 amide bonds. The number of likely N-dealkylation sites (tertiary alicyclic amines) is 1. The Bertz CT molecular complexity index is 825. The Hall–Kier alpha value is -2.76. The van der Waals surface area contributed by atoms with Gasteiger partial charge in [0.05, 0.1) is 0 Å². The topological polar surface area (TPSA) is 62.3 Å². The molecule has 0 bridgehead atoms. The summed E-state index contributed by atoms with van der Waals surface area (Å²) in [6, 6.07) is 9.67. The molecular formula is C21H24FN3O2. The van der Waals surface area contributed by atoms with E-state index >= 15 is 0 Å². The van der Waals surface area contributed by atoms with E-state index in [1.807, 2.05) is 4.90 Å². The van der Waals surface area contributed by atoms with E-state index in [1.165, 1.54) is 18.3 Å². The van der Waals surface area contributed by atoms with Crippen LogP contribution in [-0.4, -0.2) is 34.3 Å². The molecule has 1 N–H and O–H groups in total. The number of nitrogens with one attached hydrogen (secondary N) is 1. The van der Waals surface area contributed by atoms with E-state index in [2.05, 4.69) is 17.2 Å². The number of hydrogen-bond donors (Lipinski definition) is 1. The van der Waals surface area contributed by atoms with Crippen molar-refractivity contribution in [3.05, 3.63) is 65.2 Å². The molecule has 1 atom stereocenters. The molecule has 0 aliphatic carbocycles. The monoisotopic (exact) mass is 369 g/mol. The molecule has 0 radical (unpaired) electrons. The number of carbonyl (C=O) groups is 2. The number of pyridine rings is 1. The number of carbonyl (C=O) groups excluding carboxylic acids is 2. The zero-order valence-electron chi connectivity index (χ0n) is 15.5. The van der Waals surface area contributed by atoms with Crippen molar-refractivity contribution in [2.45, 2.75) is 45.2 Å². The number of benzene rings is 1. The van der Waals surface area contributed by atoms with Gasteiger partial charge in [0, 0.05) is 36.5 Å². The molecule has 1 unspecified atom stereocenters. The number of nitrogens with zero attached hydrogens (tertiary/aromatic N) is 2. The maximum absolute atomic E-state index is 13.7. The summed E-state index contributed by atoms with van der Waals surface area (Å²) >= 11 is 0. The molecule has 1 aliphatic heterocycles. The summed E-state index contributed by atoms with van der Waals surface area (Å²) in [5.74, 6) is -0.865. The zero-order valence-corrected chi connectivity index (χ0v) is 15.5. The van der Waals surface area contributed by atoms with E-state index in [1.54, 1.807) is 24.3 Å². The van der Waals surface area contributed by atoms with Gasteiger partial charge in [-0.05, 0) is 43.9 Å². The Balaban J connectivity index is 1.70. The van der Waals surface area contributed by atoms with Gasteiger partial charge in [-0.3, -0.25) is 14.6 Å². The number of aromatic nitrogens is 1. The molecule has 1 fully saturated rings. The number of amides is 2. The lowest BCUT2D eigenvalue weighted by molar-refractivity contribution is 0.0608. The van der Waals surface area contributed by atoms with E-state index in [0.29, 0.717) is 11.1 Å². The summed E-state index contributed by atoms with van der Waals surface area (Å²) in [6.45, 7) is 2.90. The fourth-order valence-electron chi connectivity index (χ4n) is 3.45. The van der Waals surface area contributed by atoms with Gasteiger partial charge in [0.1, 0.15) is 11.5 Å². The molecule has 1 aromatic carbocycles. The number of hydrogen-bond acceptors (Lipinski definition) is 3. The summed E-state index contributed by atoms with van der Waals surface area (Å²) in [6.07, 6.45) is 5.55. The molecule has 142 valence electrons. The van der Waals surface area contributed by atoms with E-state index in [9.17, 15) is 14.0 Å². The van der Waals surface area contributed by atoms with Crippen molar-refractivity contribution in [1.82, 2.24) is 15.2 Å². The maximum Gasteiger partial charge on any atom is 0.270 e. The van der Waals surface area contributed by atoms with E-state index < -0.39 is 5.91 Å². The molecular weight excluding hydrogens is 345 g/mol. The first-order valence-electron chi connectivity index (χ1n) is 9.38. The molecule has 3 rings (SSSR count). The first-order chi connectivity index (χ1) is 13.1. The standard InChI is InChI=1S/C21H24FN3O2/c1-2-17-8-5-6-12-25(17)21(27)15-10-11-23-19(13-15)20(26)24-14-16-7-3-4-9-18(16)22/h3-4,7,9-11,13,17H,2,5-6,8,12,14H2,1H3,(H,24,26). The summed E-state index contributed by atoms with van der Waals surface area (Å²) in [5, 5.41) is 2.66. The van der Waals surface area contributed by atoms with Gasteiger partial charge in [0.2, 0.25) is 0 Å². The third-order valence-electron chi connectivity index (χ3n) is 5.00. The average Bonchev–Trinajstić information content (AvgIpc) is 2.72. The maximum atomic E-state index is 13.7. The molecule has 2 aromatic rings. The van der Waals surface area contributed by atoms with Crippen molar-refractivity contribution in [2.75, 3.05) is 6.54 Å². The van der Waals surface area contributed by atoms with Crippen LogP contribution in [0.2, 0.25) is 0 Å². The van der Waals surface area contributed by atoms with Gasteiger partial charge in [-0.25, -0.2) is 4.39 Å². The van der Waals surface area contributed by atoms with E-state index in [4.69, 9.17) is 0 Å². The summed E-state index contributed by atoms with van der Waals surface area (Å²) < 4.78 is 13.7. The van der Waals surface area contributed by atoms with Gasteiger partial charge in [-0.2, -0.15) is 0 Å². The molecule has 1 saturated heterocycles. The van der Waals surface area contributed by atoms with Crippen molar-refractivity contribution < 1.29 is 14.0 Å². The van der Waals surface area contributed by atoms with Crippen LogP contribution in [0.15, 0.2) is 42.6 Å². The van der Waals surface area contributed by atoms with Crippen LogP contribution < -0.4 is 5.32 Å². The minimum atomic E-state index is -0.432. The molecule has 27 heavy (non-hydrogen) atoms. The molecule has 1 aliphatic rings. The minimum absolute atomic E-state index is 0.0629. The highest BCUT2D eigenvalue weighted by molar-refractivity contribution is 5.98. The van der Waals surface area contributed by atoms with Gasteiger partial charge in [0.15, 0.2) is 0 Å². The molecule has 6 heteroatoms. The lowest BCUT2D eigenvalue weighted by Gasteiger charge is -2.35. The first kappa shape index (κ1) is 19.0. The van der Waals surface area contributed by atoms with Crippen LogP contribution in [0, 0.1) is 5.82 Å². The summed E-state index contributed by atoms with van der Waals surface area (Å²) in [5.41, 5.74) is 1.01. The smallest absolute Gasteiger partial charge is 0.270 e. The Morgan fingerprint density at radius 1 is 1.26 bits per heavy atom. The van der Waals surface area contributed by atoms with Crippen molar-refractivity contribution >= 4 is 11.8 Å². The normalized spacial score (nSPS) is 16.8. The molecule has 0 spiro atoms. The van der Waals surface area contributed by atoms with Crippen LogP contribution in [0.1, 0.15) is 59.0 Å². The second kappa shape index (κ2) is 8.75. The molecule has 2 heterocycles. The molecule has 0 saturated carbocycles. The highest BCUT2D eigenvalue weighted by Gasteiger charge is 2.26. The van der Waals surface area contributed by atoms with Crippen LogP contribution in [0.4, 0.5) is 4.39 Å². The second-order valence-corrected chi connectivity index (χ2v) is 6.76. The van der Waals surface area contributed by atoms with Gasteiger partial charge in [0.25, 0.3) is 11.8 Å². The average molecular weight is 369 g/mol. The fraction of sp³-hybridized carbons (Fsp3) is 0.381. The van der Waals surface area contributed by atoms with Crippen LogP contribution in [0.3, 0.4) is 0 Å². The van der Waals surface area contributed by atoms with Crippen LogP contribution >= 0.6 is 0 Å². The number of rotatable bonds is 5. The Kier molecular flexibility index (Phi) is 6.16. The predicted octanol–water partition coefficient (Wildman–Crippen LogP) is 3.56. The lowest BCUT2D eigenvalue weighted by atomic mass is 9.99. The Labute approximate surface area is 158 Å². The zero-order chi connectivity index (χ0) is 19.2. The van der Waals surface area contributed by atoms with Crippen molar-refractivity contribution in [2.24, 2.45) is 0 Å². The lowest BCUT2D eigenvalue weighted by Crippen LogP contribution is -2.43. The van der Waals surface area contributed by atoms with Crippen molar-refractivity contribution in [3.8, 4) is 0 Å². The van der Waals surface area contributed by atoms with Gasteiger partial charge < -0.3 is 10.2 Å². The van der Waals surface area contributed by atoms with Gasteiger partial charge in [-0.1, -0.05) is 25.1 Å². The van der Waals surface area contributed by atoms with E-state index in [-0.39, 0.29) is 30.0 Å². The van der Waals surface area contributed by atoms with E-state index in [0.717, 1.165) is 32.2 Å². The first-order valence-corrected chi connectivity index (χ1v) is 9.38. The van der Waals surface area contributed by atoms with Crippen LogP contribution in [0.5, 0.6) is 0 Å². The Morgan fingerprint density at radius 2 is 2.07 bits per heavy atom. The quantitative estimate of drug-likeness (QED) is 0.877.